The molecule has 0 aromatic heterocycles. The van der Waals surface area contributed by atoms with E-state index < -0.39 is 0 Å². The van der Waals surface area contributed by atoms with Crippen molar-refractivity contribution in [3.63, 3.8) is 0 Å². The lowest BCUT2D eigenvalue weighted by atomic mass is 9.91. The SMILES string of the molecule is Nc1cc(C(=O)NC2CCC(N)CC2)ccc1N1CCCN(C(=O)N2CCOCC2)CC1. The molecule has 2 saturated heterocycles. The molecule has 2 aliphatic heterocycles. The Kier molecular flexibility index (Phi) is 7.36. The van der Waals surface area contributed by atoms with Gasteiger partial charge in [-0.1, -0.05) is 0 Å². The largest absolute Gasteiger partial charge is 0.397 e. The number of carbonyl (C=O) groups excluding carboxylic acids is 2. The third-order valence-corrected chi connectivity index (χ3v) is 6.79. The summed E-state index contributed by atoms with van der Waals surface area (Å²) in [6, 6.07) is 6.08. The molecule has 0 radical (unpaired) electrons. The molecule has 3 fully saturated rings. The fraction of sp³-hybridized carbons (Fsp3) is 0.652. The molecule has 5 N–H and O–H groups in total. The van der Waals surface area contributed by atoms with Gasteiger partial charge in [0.05, 0.1) is 24.6 Å². The fourth-order valence-electron chi connectivity index (χ4n) is 4.82. The van der Waals surface area contributed by atoms with Crippen LogP contribution in [0.25, 0.3) is 0 Å². The first kappa shape index (κ1) is 22.7. The van der Waals surface area contributed by atoms with Gasteiger partial charge in [0.2, 0.25) is 0 Å². The maximum atomic E-state index is 12.8. The molecule has 176 valence electrons. The maximum absolute atomic E-state index is 12.8. The van der Waals surface area contributed by atoms with E-state index in [1.54, 1.807) is 6.07 Å². The summed E-state index contributed by atoms with van der Waals surface area (Å²) in [7, 11) is 0. The van der Waals surface area contributed by atoms with Crippen molar-refractivity contribution in [3.05, 3.63) is 23.8 Å². The Morgan fingerprint density at radius 2 is 1.66 bits per heavy atom. The Morgan fingerprint density at radius 1 is 0.938 bits per heavy atom. The molecular formula is C23H36N6O3. The zero-order valence-corrected chi connectivity index (χ0v) is 18.8. The lowest BCUT2D eigenvalue weighted by Crippen LogP contribution is -2.49. The Balaban J connectivity index is 1.34. The second-order valence-corrected chi connectivity index (χ2v) is 9.07. The van der Waals surface area contributed by atoms with Crippen LogP contribution in [0.1, 0.15) is 42.5 Å². The van der Waals surface area contributed by atoms with E-state index >= 15 is 0 Å². The molecule has 9 nitrogen and oxygen atoms in total. The monoisotopic (exact) mass is 444 g/mol. The highest BCUT2D eigenvalue weighted by molar-refractivity contribution is 5.96. The normalized spacial score (nSPS) is 24.7. The summed E-state index contributed by atoms with van der Waals surface area (Å²) < 4.78 is 5.36. The van der Waals surface area contributed by atoms with Crippen LogP contribution in [0.2, 0.25) is 0 Å². The average molecular weight is 445 g/mol. The number of anilines is 2. The van der Waals surface area contributed by atoms with Gasteiger partial charge < -0.3 is 36.2 Å². The van der Waals surface area contributed by atoms with Gasteiger partial charge in [0, 0.05) is 56.9 Å². The minimum Gasteiger partial charge on any atom is -0.397 e. The third kappa shape index (κ3) is 5.45. The van der Waals surface area contributed by atoms with Crippen LogP contribution in [0.5, 0.6) is 0 Å². The predicted octanol–water partition coefficient (Wildman–Crippen LogP) is 1.23. The molecule has 1 aromatic rings. The van der Waals surface area contributed by atoms with Gasteiger partial charge in [-0.3, -0.25) is 4.79 Å². The van der Waals surface area contributed by atoms with E-state index in [0.29, 0.717) is 50.6 Å². The maximum Gasteiger partial charge on any atom is 0.320 e. The van der Waals surface area contributed by atoms with Crippen molar-refractivity contribution < 1.29 is 14.3 Å². The Labute approximate surface area is 190 Å². The smallest absolute Gasteiger partial charge is 0.320 e. The molecule has 4 rings (SSSR count). The Bertz CT molecular complexity index is 805. The number of carbonyl (C=O) groups is 2. The zero-order valence-electron chi connectivity index (χ0n) is 18.8. The van der Waals surface area contributed by atoms with Crippen molar-refractivity contribution >= 4 is 23.3 Å². The lowest BCUT2D eigenvalue weighted by molar-refractivity contribution is 0.0438. The number of hydrogen-bond acceptors (Lipinski definition) is 6. The summed E-state index contributed by atoms with van der Waals surface area (Å²) in [6.07, 6.45) is 4.63. The molecule has 0 bridgehead atoms. The highest BCUT2D eigenvalue weighted by Gasteiger charge is 2.26. The van der Waals surface area contributed by atoms with Crippen LogP contribution in [0.4, 0.5) is 16.2 Å². The Morgan fingerprint density at radius 3 is 2.38 bits per heavy atom. The number of nitrogens with zero attached hydrogens (tertiary/aromatic N) is 3. The molecular weight excluding hydrogens is 408 g/mol. The van der Waals surface area contributed by atoms with Crippen LogP contribution in [-0.4, -0.2) is 86.3 Å². The predicted molar refractivity (Wildman–Crippen MR) is 125 cm³/mol. The van der Waals surface area contributed by atoms with Crippen molar-refractivity contribution in [1.29, 1.82) is 0 Å². The fourth-order valence-corrected chi connectivity index (χ4v) is 4.82. The second kappa shape index (κ2) is 10.4. The van der Waals surface area contributed by atoms with Gasteiger partial charge in [-0.25, -0.2) is 4.79 Å². The molecule has 1 aromatic carbocycles. The summed E-state index contributed by atoms with van der Waals surface area (Å²) in [5.41, 5.74) is 14.4. The van der Waals surface area contributed by atoms with Crippen molar-refractivity contribution in [2.75, 3.05) is 63.1 Å². The van der Waals surface area contributed by atoms with Crippen LogP contribution in [0, 0.1) is 0 Å². The molecule has 3 amide bonds. The van der Waals surface area contributed by atoms with Crippen LogP contribution in [0.3, 0.4) is 0 Å². The number of ether oxygens (including phenoxy) is 1. The number of hydrogen-bond donors (Lipinski definition) is 3. The Hall–Kier alpha value is -2.52. The van der Waals surface area contributed by atoms with Gasteiger partial charge in [-0.15, -0.1) is 0 Å². The standard InChI is InChI=1S/C23H36N6O3/c24-18-3-5-19(6-4-18)26-22(30)17-2-7-21(20(25)16-17)27-8-1-9-28(11-10-27)23(31)29-12-14-32-15-13-29/h2,7,16,18-19H,1,3-6,8-15,24-25H2,(H,26,30). The first-order chi connectivity index (χ1) is 15.5. The quantitative estimate of drug-likeness (QED) is 0.604. The molecule has 1 aliphatic carbocycles. The average Bonchev–Trinajstić information content (AvgIpc) is 3.07. The van der Waals surface area contributed by atoms with E-state index in [0.717, 1.165) is 50.9 Å². The number of nitrogens with one attached hydrogen (secondary N) is 1. The van der Waals surface area contributed by atoms with Crippen LogP contribution >= 0.6 is 0 Å². The van der Waals surface area contributed by atoms with Gasteiger partial charge >= 0.3 is 6.03 Å². The molecule has 9 heteroatoms. The summed E-state index contributed by atoms with van der Waals surface area (Å²) in [6.45, 7) is 5.46. The van der Waals surface area contributed by atoms with Gasteiger partial charge in [-0.2, -0.15) is 0 Å². The summed E-state index contributed by atoms with van der Waals surface area (Å²) in [5, 5.41) is 3.12. The molecule has 0 spiro atoms. The number of morpholine rings is 1. The highest BCUT2D eigenvalue weighted by atomic mass is 16.5. The van der Waals surface area contributed by atoms with Crippen LogP contribution in [0.15, 0.2) is 18.2 Å². The van der Waals surface area contributed by atoms with Gasteiger partial charge in [0.25, 0.3) is 5.91 Å². The van der Waals surface area contributed by atoms with Crippen LogP contribution in [-0.2, 0) is 4.74 Å². The molecule has 0 unspecified atom stereocenters. The highest BCUT2D eigenvalue weighted by Crippen LogP contribution is 2.26. The number of rotatable bonds is 3. The zero-order chi connectivity index (χ0) is 22.5. The molecule has 32 heavy (non-hydrogen) atoms. The molecule has 1 saturated carbocycles. The number of nitrogen functional groups attached to an aromatic ring is 1. The second-order valence-electron chi connectivity index (χ2n) is 9.07. The molecule has 0 atom stereocenters. The summed E-state index contributed by atoms with van der Waals surface area (Å²) >= 11 is 0. The van der Waals surface area contributed by atoms with E-state index in [-0.39, 0.29) is 24.0 Å². The first-order valence-corrected chi connectivity index (χ1v) is 11.8. The molecule has 2 heterocycles. The summed E-state index contributed by atoms with van der Waals surface area (Å²) in [5.74, 6) is -0.0816. The van der Waals surface area contributed by atoms with Gasteiger partial charge in [-0.05, 0) is 50.3 Å². The number of nitrogens with two attached hydrogens (primary N) is 2. The molecule has 3 aliphatic rings. The van der Waals surface area contributed by atoms with E-state index in [2.05, 4.69) is 10.2 Å². The van der Waals surface area contributed by atoms with E-state index in [4.69, 9.17) is 16.2 Å². The number of amides is 3. The number of urea groups is 1. The van der Waals surface area contributed by atoms with E-state index in [1.807, 2.05) is 21.9 Å². The van der Waals surface area contributed by atoms with Crippen molar-refractivity contribution in [3.8, 4) is 0 Å². The topological polar surface area (TPSA) is 117 Å². The minimum absolute atomic E-state index is 0.0816. The summed E-state index contributed by atoms with van der Waals surface area (Å²) in [4.78, 5) is 31.5. The van der Waals surface area contributed by atoms with Crippen LogP contribution < -0.4 is 21.7 Å². The number of benzene rings is 1. The minimum atomic E-state index is -0.0816. The van der Waals surface area contributed by atoms with Gasteiger partial charge in [0.1, 0.15) is 0 Å². The van der Waals surface area contributed by atoms with E-state index in [9.17, 15) is 9.59 Å². The third-order valence-electron chi connectivity index (χ3n) is 6.79. The van der Waals surface area contributed by atoms with Crippen molar-refractivity contribution in [1.82, 2.24) is 15.1 Å². The van der Waals surface area contributed by atoms with Gasteiger partial charge in [0.15, 0.2) is 0 Å². The van der Waals surface area contributed by atoms with Crippen molar-refractivity contribution in [2.24, 2.45) is 5.73 Å². The lowest BCUT2D eigenvalue weighted by Gasteiger charge is -2.32. The first-order valence-electron chi connectivity index (χ1n) is 11.8. The van der Waals surface area contributed by atoms with E-state index in [1.165, 1.54) is 0 Å². The van der Waals surface area contributed by atoms with Crippen molar-refractivity contribution in [2.45, 2.75) is 44.2 Å².